The summed E-state index contributed by atoms with van der Waals surface area (Å²) in [6.07, 6.45) is -0.980. The van der Waals surface area contributed by atoms with Crippen LogP contribution in [-0.2, 0) is 48.4 Å². The minimum atomic E-state index is -0.843. The van der Waals surface area contributed by atoms with Gasteiger partial charge < -0.3 is 46.1 Å². The largest absolute Gasteiger partial charge is 0.445 e. The van der Waals surface area contributed by atoms with Crippen LogP contribution in [0.25, 0.3) is 0 Å². The third-order valence-electron chi connectivity index (χ3n) is 9.77. The van der Waals surface area contributed by atoms with Crippen molar-refractivity contribution in [2.24, 2.45) is 17.8 Å². The minimum absolute atomic E-state index is 0.0595. The van der Waals surface area contributed by atoms with E-state index in [-0.39, 0.29) is 74.9 Å². The van der Waals surface area contributed by atoms with E-state index in [9.17, 15) is 28.8 Å². The Kier molecular flexibility index (Phi) is 23.9. The molecular weight excluding hydrogens is 819 g/mol. The van der Waals surface area contributed by atoms with Gasteiger partial charge in [0, 0.05) is 39.3 Å². The van der Waals surface area contributed by atoms with E-state index in [1.807, 2.05) is 137 Å². The Morgan fingerprint density at radius 1 is 0.422 bits per heavy atom. The molecule has 0 bridgehead atoms. The van der Waals surface area contributed by atoms with Crippen molar-refractivity contribution in [3.8, 4) is 0 Å². The molecule has 0 saturated carbocycles. The number of alkyl carbamates (subject to hydrolysis) is 3. The van der Waals surface area contributed by atoms with Gasteiger partial charge in [0.15, 0.2) is 0 Å². The molecule has 0 aliphatic carbocycles. The summed E-state index contributed by atoms with van der Waals surface area (Å²) >= 11 is 0. The fourth-order valence-electron chi connectivity index (χ4n) is 6.55. The molecule has 350 valence electrons. The first-order valence-electron chi connectivity index (χ1n) is 22.2. The van der Waals surface area contributed by atoms with Gasteiger partial charge >= 0.3 is 18.3 Å². The van der Waals surface area contributed by atoms with Crippen LogP contribution in [0.4, 0.5) is 14.4 Å². The molecule has 3 rings (SSSR count). The topological polar surface area (TPSA) is 206 Å². The van der Waals surface area contributed by atoms with E-state index in [2.05, 4.69) is 31.9 Å². The second-order valence-corrected chi connectivity index (χ2v) is 16.9. The van der Waals surface area contributed by atoms with Crippen molar-refractivity contribution in [1.82, 2.24) is 36.8 Å². The highest BCUT2D eigenvalue weighted by Gasteiger charge is 2.26. The van der Waals surface area contributed by atoms with Gasteiger partial charge in [0.05, 0.1) is 0 Å². The molecule has 64 heavy (non-hydrogen) atoms. The predicted molar refractivity (Wildman–Crippen MR) is 244 cm³/mol. The van der Waals surface area contributed by atoms with E-state index < -0.39 is 36.4 Å². The summed E-state index contributed by atoms with van der Waals surface area (Å²) in [5.41, 5.74) is 2.45. The number of nitrogens with one attached hydrogen (secondary N) is 6. The number of hydrogen-bond acceptors (Lipinski definition) is 10. The molecule has 3 aromatic rings. The Labute approximate surface area is 378 Å². The van der Waals surface area contributed by atoms with Crippen LogP contribution in [-0.4, -0.2) is 98.3 Å². The van der Waals surface area contributed by atoms with E-state index in [0.29, 0.717) is 38.9 Å². The molecule has 0 aromatic heterocycles. The number of ether oxygens (including phenoxy) is 3. The monoisotopic (exact) mass is 888 g/mol. The Morgan fingerprint density at radius 2 is 0.672 bits per heavy atom. The highest BCUT2D eigenvalue weighted by Crippen LogP contribution is 2.10. The SMILES string of the molecule is CC(C)CC(NC(=O)OCc1ccccc1)C(=O)NCCN(CCNC(=O)C(CC(C)C)NC(=O)OCc1ccccc1)CCNC(=O)C(CC(C)C)NC(=O)OCc1ccccc1. The maximum atomic E-state index is 13.4. The maximum Gasteiger partial charge on any atom is 0.408 e. The van der Waals surface area contributed by atoms with Gasteiger partial charge in [-0.1, -0.05) is 133 Å². The molecule has 0 aliphatic heterocycles. The van der Waals surface area contributed by atoms with Gasteiger partial charge in [0.2, 0.25) is 17.7 Å². The first-order chi connectivity index (χ1) is 30.7. The molecule has 3 aromatic carbocycles. The van der Waals surface area contributed by atoms with Crippen molar-refractivity contribution < 1.29 is 43.0 Å². The quantitative estimate of drug-likeness (QED) is 0.0519. The molecule has 16 heteroatoms. The summed E-state index contributed by atoms with van der Waals surface area (Å²) < 4.78 is 16.1. The van der Waals surface area contributed by atoms with Gasteiger partial charge in [-0.2, -0.15) is 0 Å². The van der Waals surface area contributed by atoms with Crippen molar-refractivity contribution in [3.63, 3.8) is 0 Å². The maximum absolute atomic E-state index is 13.4. The van der Waals surface area contributed by atoms with Gasteiger partial charge in [0.1, 0.15) is 37.9 Å². The summed E-state index contributed by atoms with van der Waals surface area (Å²) in [6.45, 7) is 13.4. The van der Waals surface area contributed by atoms with Crippen LogP contribution in [0.5, 0.6) is 0 Å². The smallest absolute Gasteiger partial charge is 0.408 e. The lowest BCUT2D eigenvalue weighted by Gasteiger charge is -2.26. The fraction of sp³-hybridized carbons (Fsp3) is 0.500. The average Bonchev–Trinajstić information content (AvgIpc) is 3.26. The molecule has 16 nitrogen and oxygen atoms in total. The van der Waals surface area contributed by atoms with Crippen LogP contribution < -0.4 is 31.9 Å². The Bertz CT molecular complexity index is 1640. The van der Waals surface area contributed by atoms with Crippen molar-refractivity contribution in [1.29, 1.82) is 0 Å². The molecule has 0 heterocycles. The predicted octanol–water partition coefficient (Wildman–Crippen LogP) is 5.66. The van der Waals surface area contributed by atoms with E-state index in [4.69, 9.17) is 14.2 Å². The number of carbonyl (C=O) groups is 6. The first-order valence-corrected chi connectivity index (χ1v) is 22.2. The lowest BCUT2D eigenvalue weighted by Crippen LogP contribution is -2.51. The molecule has 0 fully saturated rings. The van der Waals surface area contributed by atoms with Gasteiger partial charge in [0.25, 0.3) is 0 Å². The minimum Gasteiger partial charge on any atom is -0.445 e. The van der Waals surface area contributed by atoms with Crippen LogP contribution in [0.15, 0.2) is 91.0 Å². The second kappa shape index (κ2) is 29.3. The van der Waals surface area contributed by atoms with Gasteiger partial charge in [-0.05, 0) is 53.7 Å². The summed E-state index contributed by atoms with van der Waals surface area (Å²) in [5, 5.41) is 16.8. The highest BCUT2D eigenvalue weighted by molar-refractivity contribution is 5.87. The lowest BCUT2D eigenvalue weighted by molar-refractivity contribution is -0.124. The van der Waals surface area contributed by atoms with Gasteiger partial charge in [-0.15, -0.1) is 0 Å². The molecule has 0 saturated heterocycles. The number of hydrogen-bond donors (Lipinski definition) is 6. The van der Waals surface area contributed by atoms with Crippen LogP contribution >= 0.6 is 0 Å². The first kappa shape index (κ1) is 52.2. The number of benzene rings is 3. The van der Waals surface area contributed by atoms with Crippen molar-refractivity contribution in [2.75, 3.05) is 39.3 Å². The number of amides is 6. The zero-order valence-electron chi connectivity index (χ0n) is 38.2. The zero-order chi connectivity index (χ0) is 46.7. The van der Waals surface area contributed by atoms with E-state index in [1.54, 1.807) is 0 Å². The van der Waals surface area contributed by atoms with Gasteiger partial charge in [-0.3, -0.25) is 19.3 Å². The van der Waals surface area contributed by atoms with Crippen LogP contribution in [0.2, 0.25) is 0 Å². The zero-order valence-corrected chi connectivity index (χ0v) is 38.2. The Morgan fingerprint density at radius 3 is 0.906 bits per heavy atom. The van der Waals surface area contributed by atoms with Crippen molar-refractivity contribution >= 4 is 36.0 Å². The van der Waals surface area contributed by atoms with Gasteiger partial charge in [-0.25, -0.2) is 14.4 Å². The van der Waals surface area contributed by atoms with E-state index in [1.165, 1.54) is 0 Å². The lowest BCUT2D eigenvalue weighted by atomic mass is 10.0. The van der Waals surface area contributed by atoms with Crippen LogP contribution in [0.3, 0.4) is 0 Å². The third kappa shape index (κ3) is 22.3. The number of carbonyl (C=O) groups excluding carboxylic acids is 6. The molecule has 0 radical (unpaired) electrons. The summed E-state index contributed by atoms with van der Waals surface area (Å²) in [6, 6.07) is 25.2. The summed E-state index contributed by atoms with van der Waals surface area (Å²) in [4.78, 5) is 80.4. The van der Waals surface area contributed by atoms with Crippen molar-refractivity contribution in [3.05, 3.63) is 108 Å². The normalized spacial score (nSPS) is 12.5. The number of rotatable bonds is 27. The highest BCUT2D eigenvalue weighted by atomic mass is 16.6. The molecule has 3 atom stereocenters. The van der Waals surface area contributed by atoms with Crippen LogP contribution in [0.1, 0.15) is 77.5 Å². The van der Waals surface area contributed by atoms with Crippen molar-refractivity contribution in [2.45, 2.75) is 98.8 Å². The molecule has 6 amide bonds. The van der Waals surface area contributed by atoms with Crippen LogP contribution in [0, 0.1) is 17.8 Å². The third-order valence-corrected chi connectivity index (χ3v) is 9.77. The fourth-order valence-corrected chi connectivity index (χ4v) is 6.55. The molecule has 0 aliphatic rings. The second-order valence-electron chi connectivity index (χ2n) is 16.9. The standard InChI is InChI=1S/C48H69N7O9/c1-34(2)28-40(52-46(59)62-31-37-16-10-7-11-17-37)43(56)49-22-25-55(26-23-50-44(57)41(29-35(3)4)53-47(60)63-32-38-18-12-8-13-19-38)27-24-51-45(58)42(30-36(5)6)54-48(61)64-33-39-20-14-9-15-21-39/h7-21,34-36,40-42H,22-33H2,1-6H3,(H,49,56)(H,50,57)(H,51,58)(H,52,59)(H,53,60)(H,54,61). The number of nitrogens with zero attached hydrogens (tertiary/aromatic N) is 1. The Balaban J connectivity index is 1.62. The van der Waals surface area contributed by atoms with E-state index in [0.717, 1.165) is 16.7 Å². The molecule has 3 unspecified atom stereocenters. The average molecular weight is 888 g/mol. The molecule has 6 N–H and O–H groups in total. The summed E-state index contributed by atoms with van der Waals surface area (Å²) in [7, 11) is 0. The summed E-state index contributed by atoms with van der Waals surface area (Å²) in [5.74, 6) is -0.865. The molecule has 0 spiro atoms. The Hall–Kier alpha value is -6.16. The van der Waals surface area contributed by atoms with E-state index >= 15 is 0 Å². The molecular formula is C48H69N7O9.